The maximum atomic E-state index is 13.0. The molecule has 178 valence electrons. The number of aromatic amines is 2. The first kappa shape index (κ1) is 23.5. The van der Waals surface area contributed by atoms with Crippen LogP contribution in [0, 0.1) is 10.7 Å². The van der Waals surface area contributed by atoms with Gasteiger partial charge in [-0.2, -0.15) is 0 Å². The Labute approximate surface area is 198 Å². The summed E-state index contributed by atoms with van der Waals surface area (Å²) in [5.74, 6) is 1.56. The molecule has 1 fully saturated rings. The third kappa shape index (κ3) is 5.47. The van der Waals surface area contributed by atoms with Gasteiger partial charge in [-0.25, -0.2) is 0 Å². The van der Waals surface area contributed by atoms with Crippen LogP contribution in [0.3, 0.4) is 0 Å². The van der Waals surface area contributed by atoms with Gasteiger partial charge >= 0.3 is 0 Å². The van der Waals surface area contributed by atoms with E-state index >= 15 is 0 Å². The van der Waals surface area contributed by atoms with Gasteiger partial charge in [-0.15, -0.1) is 0 Å². The summed E-state index contributed by atoms with van der Waals surface area (Å²) in [6.45, 7) is 6.76. The summed E-state index contributed by atoms with van der Waals surface area (Å²) in [7, 11) is 1.61. The summed E-state index contributed by atoms with van der Waals surface area (Å²) < 4.78 is 7.17. The van der Waals surface area contributed by atoms with Gasteiger partial charge in [0.05, 0.1) is 12.6 Å². The van der Waals surface area contributed by atoms with E-state index in [4.69, 9.17) is 17.0 Å². The van der Waals surface area contributed by atoms with E-state index in [1.165, 1.54) is 30.5 Å². The Bertz CT molecular complexity index is 1240. The molecule has 9 heteroatoms. The van der Waals surface area contributed by atoms with E-state index in [1.54, 1.807) is 7.11 Å². The Hall–Kier alpha value is -2.65. The highest BCUT2D eigenvalue weighted by molar-refractivity contribution is 7.71. The van der Waals surface area contributed by atoms with Crippen LogP contribution in [0.15, 0.2) is 23.0 Å². The minimum absolute atomic E-state index is 0.0176. The zero-order valence-electron chi connectivity index (χ0n) is 19.4. The van der Waals surface area contributed by atoms with Crippen LogP contribution in [0.4, 0.5) is 0 Å². The van der Waals surface area contributed by atoms with Gasteiger partial charge in [0.15, 0.2) is 4.77 Å². The van der Waals surface area contributed by atoms with Crippen LogP contribution in [0.5, 0.6) is 5.75 Å². The third-order valence-electron chi connectivity index (χ3n) is 6.58. The molecule has 1 saturated heterocycles. The number of likely N-dealkylation sites (tertiary alicyclic amines) is 1. The number of benzene rings is 1. The largest absolute Gasteiger partial charge is 0.497 e. The summed E-state index contributed by atoms with van der Waals surface area (Å²) in [5.41, 5.74) is 1.81. The summed E-state index contributed by atoms with van der Waals surface area (Å²) >= 11 is 5.45. The minimum atomic E-state index is -0.180. The molecule has 0 spiro atoms. The molecule has 0 aliphatic carbocycles. The molecule has 0 unspecified atom stereocenters. The third-order valence-corrected chi connectivity index (χ3v) is 6.90. The van der Waals surface area contributed by atoms with Crippen LogP contribution in [-0.4, -0.2) is 58.6 Å². The quantitative estimate of drug-likeness (QED) is 0.328. The second-order valence-corrected chi connectivity index (χ2v) is 9.39. The molecule has 0 atom stereocenters. The Morgan fingerprint density at radius 2 is 1.97 bits per heavy atom. The lowest BCUT2D eigenvalue weighted by Gasteiger charge is -2.30. The van der Waals surface area contributed by atoms with E-state index in [0.717, 1.165) is 29.8 Å². The fourth-order valence-corrected chi connectivity index (χ4v) is 4.77. The Morgan fingerprint density at radius 1 is 1.18 bits per heavy atom. The highest BCUT2D eigenvalue weighted by Gasteiger charge is 2.15. The second kappa shape index (κ2) is 10.5. The van der Waals surface area contributed by atoms with E-state index in [9.17, 15) is 9.59 Å². The lowest BCUT2D eigenvalue weighted by atomic mass is 9.99. The fraction of sp³-hybridized carbons (Fsp3) is 0.542. The van der Waals surface area contributed by atoms with Crippen LogP contribution in [-0.2, 0) is 11.3 Å². The Kier molecular flexibility index (Phi) is 7.49. The number of piperidine rings is 1. The maximum Gasteiger partial charge on any atom is 0.278 e. The van der Waals surface area contributed by atoms with E-state index < -0.39 is 0 Å². The van der Waals surface area contributed by atoms with Crippen molar-refractivity contribution < 1.29 is 9.53 Å². The van der Waals surface area contributed by atoms with Crippen molar-refractivity contribution in [1.82, 2.24) is 24.8 Å². The molecular formula is C24H33N5O3S. The van der Waals surface area contributed by atoms with Crippen LogP contribution >= 0.6 is 12.2 Å². The Morgan fingerprint density at radius 3 is 2.73 bits per heavy atom. The second-order valence-electron chi connectivity index (χ2n) is 9.00. The molecule has 0 bridgehead atoms. The molecular weight excluding hydrogens is 438 g/mol. The van der Waals surface area contributed by atoms with Crippen molar-refractivity contribution in [2.45, 2.75) is 45.6 Å². The number of carbonyl (C=O) groups is 1. The smallest absolute Gasteiger partial charge is 0.278 e. The van der Waals surface area contributed by atoms with Gasteiger partial charge in [0.2, 0.25) is 5.91 Å². The standard InChI is InChI=1S/C24H33N5O3S/c1-16-8-13-28(14-9-16)11-4-10-25-20(30)5-3-12-29-23(31)22-21(27-24(29)33)18-15-17(32-2)6-7-19(18)26-22/h6-7,15-16,26H,3-5,8-14H2,1-2H3,(H,25,30)(H,27,33). The number of aromatic nitrogens is 3. The monoisotopic (exact) mass is 471 g/mol. The van der Waals surface area contributed by atoms with Crippen molar-refractivity contribution >= 4 is 40.1 Å². The first-order chi connectivity index (χ1) is 16.0. The zero-order chi connectivity index (χ0) is 23.4. The van der Waals surface area contributed by atoms with Gasteiger partial charge in [-0.1, -0.05) is 6.92 Å². The normalized spacial score (nSPS) is 15.3. The van der Waals surface area contributed by atoms with Crippen molar-refractivity contribution in [3.63, 3.8) is 0 Å². The van der Waals surface area contributed by atoms with Crippen molar-refractivity contribution in [2.75, 3.05) is 33.3 Å². The van der Waals surface area contributed by atoms with Crippen molar-refractivity contribution in [1.29, 1.82) is 0 Å². The number of fused-ring (bicyclic) bond motifs is 3. The zero-order valence-corrected chi connectivity index (χ0v) is 20.2. The first-order valence-corrected chi connectivity index (χ1v) is 12.2. The average molecular weight is 472 g/mol. The number of nitrogens with one attached hydrogen (secondary N) is 3. The van der Waals surface area contributed by atoms with Gasteiger partial charge in [0.1, 0.15) is 11.3 Å². The number of H-pyrrole nitrogens is 2. The van der Waals surface area contributed by atoms with Gasteiger partial charge in [0, 0.05) is 30.4 Å². The predicted molar refractivity (Wildman–Crippen MR) is 134 cm³/mol. The Balaban J connectivity index is 1.30. The number of nitrogens with zero attached hydrogens (tertiary/aromatic N) is 2. The highest BCUT2D eigenvalue weighted by Crippen LogP contribution is 2.25. The molecule has 8 nitrogen and oxygen atoms in total. The molecule has 33 heavy (non-hydrogen) atoms. The summed E-state index contributed by atoms with van der Waals surface area (Å²) in [6, 6.07) is 5.60. The molecule has 1 aliphatic rings. The van der Waals surface area contributed by atoms with Crippen molar-refractivity contribution in [2.24, 2.45) is 5.92 Å². The lowest BCUT2D eigenvalue weighted by Crippen LogP contribution is -2.35. The number of ether oxygens (including phenoxy) is 1. The molecule has 3 aromatic rings. The number of hydrogen-bond acceptors (Lipinski definition) is 5. The van der Waals surface area contributed by atoms with Gasteiger partial charge in [-0.3, -0.25) is 14.2 Å². The number of rotatable bonds is 9. The molecule has 4 rings (SSSR count). The topological polar surface area (TPSA) is 95.2 Å². The molecule has 0 saturated carbocycles. The van der Waals surface area contributed by atoms with E-state index in [-0.39, 0.29) is 11.5 Å². The minimum Gasteiger partial charge on any atom is -0.497 e. The van der Waals surface area contributed by atoms with Gasteiger partial charge in [-0.05, 0) is 81.7 Å². The molecule has 1 amide bonds. The molecule has 3 heterocycles. The van der Waals surface area contributed by atoms with E-state index in [2.05, 4.69) is 27.1 Å². The molecule has 1 aromatic carbocycles. The summed E-state index contributed by atoms with van der Waals surface area (Å²) in [5, 5.41) is 3.86. The van der Waals surface area contributed by atoms with Gasteiger partial charge in [0.25, 0.3) is 5.56 Å². The highest BCUT2D eigenvalue weighted by atomic mass is 32.1. The van der Waals surface area contributed by atoms with Crippen LogP contribution in [0.25, 0.3) is 21.9 Å². The van der Waals surface area contributed by atoms with Gasteiger partial charge < -0.3 is 24.9 Å². The predicted octanol–water partition coefficient (Wildman–Crippen LogP) is 3.57. The van der Waals surface area contributed by atoms with Crippen LogP contribution in [0.1, 0.15) is 39.0 Å². The maximum absolute atomic E-state index is 13.0. The number of carbonyl (C=O) groups excluding carboxylic acids is 1. The fourth-order valence-electron chi connectivity index (χ4n) is 4.50. The van der Waals surface area contributed by atoms with E-state index in [0.29, 0.717) is 47.5 Å². The molecule has 2 aromatic heterocycles. The molecule has 1 aliphatic heterocycles. The number of hydrogen-bond donors (Lipinski definition) is 3. The van der Waals surface area contributed by atoms with Crippen LogP contribution < -0.4 is 15.6 Å². The molecule has 0 radical (unpaired) electrons. The van der Waals surface area contributed by atoms with E-state index in [1.807, 2.05) is 18.2 Å². The van der Waals surface area contributed by atoms with Crippen molar-refractivity contribution in [3.8, 4) is 5.75 Å². The average Bonchev–Trinajstić information content (AvgIpc) is 3.18. The first-order valence-electron chi connectivity index (χ1n) is 11.8. The SMILES string of the molecule is COc1ccc2[nH]c3c(=O)n(CCCC(=O)NCCCN4CCC(C)CC4)c(=S)[nH]c3c2c1. The van der Waals surface area contributed by atoms with Crippen LogP contribution in [0.2, 0.25) is 0 Å². The number of amides is 1. The van der Waals surface area contributed by atoms with Crippen molar-refractivity contribution in [3.05, 3.63) is 33.3 Å². The number of methoxy groups -OCH3 is 1. The molecule has 3 N–H and O–H groups in total. The lowest BCUT2D eigenvalue weighted by molar-refractivity contribution is -0.121. The summed E-state index contributed by atoms with van der Waals surface area (Å²) in [4.78, 5) is 34.1. The summed E-state index contributed by atoms with van der Waals surface area (Å²) in [6.07, 6.45) is 4.42.